The minimum atomic E-state index is -0.939. The first-order chi connectivity index (χ1) is 18.4. The molecule has 0 spiro atoms. The van der Waals surface area contributed by atoms with Gasteiger partial charge in [-0.25, -0.2) is 14.8 Å². The number of rotatable bonds is 7. The largest absolute Gasteiger partial charge is 0.478 e. The molecule has 1 amide bonds. The molecule has 3 fully saturated rings. The summed E-state index contributed by atoms with van der Waals surface area (Å²) in [6.45, 7) is 6.62. The average Bonchev–Trinajstić information content (AvgIpc) is 3.40. The number of carbonyl (C=O) groups excluding carboxylic acids is 1. The number of halogens is 2. The number of fused-ring (bicyclic) bond motifs is 1. The van der Waals surface area contributed by atoms with Crippen LogP contribution in [0.15, 0.2) is 24.4 Å². The summed E-state index contributed by atoms with van der Waals surface area (Å²) in [5, 5.41) is 13.0. The van der Waals surface area contributed by atoms with Gasteiger partial charge in [-0.15, -0.1) is 0 Å². The van der Waals surface area contributed by atoms with E-state index in [4.69, 9.17) is 23.2 Å². The number of hydrogen-bond acceptors (Lipinski definition) is 7. The quantitative estimate of drug-likeness (QED) is 0.525. The topological polar surface area (TPSA) is 102 Å². The number of benzene rings is 1. The Bertz CT molecular complexity index is 1190. The second-order valence-corrected chi connectivity index (χ2v) is 11.1. The van der Waals surface area contributed by atoms with Crippen LogP contribution in [0.2, 0.25) is 10.2 Å². The first kappa shape index (κ1) is 27.1. The van der Waals surface area contributed by atoms with Gasteiger partial charge in [0.25, 0.3) is 5.91 Å². The molecule has 1 aliphatic carbocycles. The number of piperidine rings is 1. The van der Waals surface area contributed by atoms with Gasteiger partial charge in [0.05, 0.1) is 11.8 Å². The highest BCUT2D eigenvalue weighted by molar-refractivity contribution is 6.32. The molecule has 3 heterocycles. The van der Waals surface area contributed by atoms with Gasteiger partial charge in [0.1, 0.15) is 5.69 Å². The van der Waals surface area contributed by atoms with Gasteiger partial charge in [-0.2, -0.15) is 0 Å². The molecular formula is C27H34Cl2N6O3. The molecule has 11 heteroatoms. The van der Waals surface area contributed by atoms with Crippen molar-refractivity contribution in [3.8, 4) is 0 Å². The number of hydrogen-bond donors (Lipinski definition) is 2. The summed E-state index contributed by atoms with van der Waals surface area (Å²) in [6, 6.07) is 6.41. The van der Waals surface area contributed by atoms with Crippen molar-refractivity contribution in [2.24, 2.45) is 0 Å². The molecule has 9 nitrogen and oxygen atoms in total. The maximum Gasteiger partial charge on any atom is 0.336 e. The van der Waals surface area contributed by atoms with E-state index in [1.54, 1.807) is 6.07 Å². The normalized spacial score (nSPS) is 22.9. The van der Waals surface area contributed by atoms with Crippen LogP contribution in [0.4, 0.5) is 5.82 Å². The standard InChI is InChI=1S/C27H34Cl2N6O3/c1-2-30-26(36)21-15-31-25(24(29)32-21)35-13-12-34(22-4-3-5-23(22)35)19-8-10-33(11-9-19)16-17-6-7-18(28)14-20(17)27(37)38/h6-7,14-15,19,22-23H,2-5,8-13,16H2,1H3,(H,30,36)(H,37,38)/t22-,23+/m0/s1. The maximum absolute atomic E-state index is 12.1. The Labute approximate surface area is 233 Å². The summed E-state index contributed by atoms with van der Waals surface area (Å²) in [5.41, 5.74) is 1.33. The van der Waals surface area contributed by atoms with E-state index < -0.39 is 5.97 Å². The van der Waals surface area contributed by atoms with Crippen LogP contribution < -0.4 is 10.2 Å². The Morgan fingerprint density at radius 2 is 1.84 bits per heavy atom. The van der Waals surface area contributed by atoms with Gasteiger partial charge in [0.2, 0.25) is 0 Å². The zero-order chi connectivity index (χ0) is 26.8. The summed E-state index contributed by atoms with van der Waals surface area (Å²) in [4.78, 5) is 40.1. The van der Waals surface area contributed by atoms with Crippen LogP contribution in [-0.2, 0) is 6.54 Å². The van der Waals surface area contributed by atoms with Gasteiger partial charge in [-0.05, 0) is 69.8 Å². The SMILES string of the molecule is CCNC(=O)c1cnc(N2CCN(C3CCN(Cc4ccc(Cl)cc4C(=O)O)CC3)[C@H]3CCC[C@H]32)c(Cl)n1. The monoisotopic (exact) mass is 560 g/mol. The van der Waals surface area contributed by atoms with Crippen molar-refractivity contribution in [2.75, 3.05) is 37.6 Å². The molecule has 0 unspecified atom stereocenters. The number of anilines is 1. The van der Waals surface area contributed by atoms with E-state index in [-0.39, 0.29) is 22.3 Å². The third kappa shape index (κ3) is 5.61. The second-order valence-electron chi connectivity index (χ2n) is 10.3. The lowest BCUT2D eigenvalue weighted by molar-refractivity contribution is 0.0531. The number of amides is 1. The van der Waals surface area contributed by atoms with Gasteiger partial charge in [0, 0.05) is 49.3 Å². The molecule has 1 aromatic heterocycles. The number of carbonyl (C=O) groups is 2. The Morgan fingerprint density at radius 1 is 1.08 bits per heavy atom. The fraction of sp³-hybridized carbons (Fsp3) is 0.556. The number of aromatic nitrogens is 2. The van der Waals surface area contributed by atoms with Crippen molar-refractivity contribution < 1.29 is 14.7 Å². The molecule has 1 saturated carbocycles. The lowest BCUT2D eigenvalue weighted by atomic mass is 9.96. The average molecular weight is 562 g/mol. The highest BCUT2D eigenvalue weighted by Gasteiger charge is 2.43. The Hall–Kier alpha value is -2.46. The number of aromatic carboxylic acids is 1. The molecule has 2 aliphatic heterocycles. The molecule has 0 radical (unpaired) electrons. The van der Waals surface area contributed by atoms with Crippen molar-refractivity contribution in [1.29, 1.82) is 0 Å². The number of nitrogens with zero attached hydrogens (tertiary/aromatic N) is 5. The first-order valence-electron chi connectivity index (χ1n) is 13.4. The molecular weight excluding hydrogens is 527 g/mol. The predicted molar refractivity (Wildman–Crippen MR) is 147 cm³/mol. The van der Waals surface area contributed by atoms with E-state index >= 15 is 0 Å². The van der Waals surface area contributed by atoms with Gasteiger partial charge in [-0.3, -0.25) is 14.6 Å². The predicted octanol–water partition coefficient (Wildman–Crippen LogP) is 3.94. The van der Waals surface area contributed by atoms with E-state index in [0.29, 0.717) is 42.1 Å². The highest BCUT2D eigenvalue weighted by Crippen LogP contribution is 2.38. The van der Waals surface area contributed by atoms with E-state index in [0.717, 1.165) is 63.8 Å². The van der Waals surface area contributed by atoms with Crippen LogP contribution in [0.25, 0.3) is 0 Å². The summed E-state index contributed by atoms with van der Waals surface area (Å²) < 4.78 is 0. The van der Waals surface area contributed by atoms with Crippen LogP contribution in [0, 0.1) is 0 Å². The molecule has 3 aliphatic rings. The first-order valence-corrected chi connectivity index (χ1v) is 14.2. The molecule has 1 aromatic carbocycles. The van der Waals surface area contributed by atoms with Crippen LogP contribution in [-0.4, -0.2) is 87.6 Å². The van der Waals surface area contributed by atoms with E-state index in [9.17, 15) is 14.7 Å². The Kier molecular flexibility index (Phi) is 8.38. The smallest absolute Gasteiger partial charge is 0.336 e. The fourth-order valence-electron chi connectivity index (χ4n) is 6.39. The number of carboxylic acids is 1. The summed E-state index contributed by atoms with van der Waals surface area (Å²) in [7, 11) is 0. The Balaban J connectivity index is 1.22. The van der Waals surface area contributed by atoms with Crippen LogP contribution in [0.1, 0.15) is 65.4 Å². The minimum absolute atomic E-state index is 0.239. The van der Waals surface area contributed by atoms with Crippen LogP contribution >= 0.6 is 23.2 Å². The minimum Gasteiger partial charge on any atom is -0.478 e. The van der Waals surface area contributed by atoms with Gasteiger partial charge < -0.3 is 15.3 Å². The third-order valence-electron chi connectivity index (χ3n) is 8.15. The second kappa shape index (κ2) is 11.7. The fourth-order valence-corrected chi connectivity index (χ4v) is 6.81. The number of piperazine rings is 1. The third-order valence-corrected chi connectivity index (χ3v) is 8.63. The van der Waals surface area contributed by atoms with Crippen molar-refractivity contribution in [3.63, 3.8) is 0 Å². The molecule has 0 bridgehead atoms. The molecule has 38 heavy (non-hydrogen) atoms. The highest BCUT2D eigenvalue weighted by atomic mass is 35.5. The molecule has 2 atom stereocenters. The molecule has 204 valence electrons. The van der Waals surface area contributed by atoms with Gasteiger partial charge in [0.15, 0.2) is 11.0 Å². The lowest BCUT2D eigenvalue weighted by Gasteiger charge is -2.50. The summed E-state index contributed by atoms with van der Waals surface area (Å²) in [6.07, 6.45) is 7.04. The van der Waals surface area contributed by atoms with Crippen LogP contribution in [0.5, 0.6) is 0 Å². The van der Waals surface area contributed by atoms with E-state index in [2.05, 4.69) is 30.0 Å². The Morgan fingerprint density at radius 3 is 2.55 bits per heavy atom. The van der Waals surface area contributed by atoms with Gasteiger partial charge >= 0.3 is 5.97 Å². The van der Waals surface area contributed by atoms with E-state index in [1.807, 2.05) is 13.0 Å². The summed E-state index contributed by atoms with van der Waals surface area (Å²) >= 11 is 12.6. The van der Waals surface area contributed by atoms with Crippen molar-refractivity contribution in [2.45, 2.75) is 63.7 Å². The van der Waals surface area contributed by atoms with Crippen molar-refractivity contribution in [3.05, 3.63) is 51.4 Å². The molecule has 5 rings (SSSR count). The van der Waals surface area contributed by atoms with Crippen molar-refractivity contribution >= 4 is 40.9 Å². The van der Waals surface area contributed by atoms with Crippen molar-refractivity contribution in [1.82, 2.24) is 25.1 Å². The lowest BCUT2D eigenvalue weighted by Crippen LogP contribution is -2.61. The van der Waals surface area contributed by atoms with Crippen LogP contribution in [0.3, 0.4) is 0 Å². The number of nitrogens with one attached hydrogen (secondary N) is 1. The molecule has 2 aromatic rings. The zero-order valence-electron chi connectivity index (χ0n) is 21.6. The maximum atomic E-state index is 12.1. The van der Waals surface area contributed by atoms with E-state index in [1.165, 1.54) is 12.3 Å². The van der Waals surface area contributed by atoms with Gasteiger partial charge in [-0.1, -0.05) is 29.3 Å². The number of likely N-dealkylation sites (tertiary alicyclic amines) is 1. The summed E-state index contributed by atoms with van der Waals surface area (Å²) in [5.74, 6) is -0.534. The molecule has 2 saturated heterocycles. The number of carboxylic acid groups (broad SMARTS) is 1. The molecule has 2 N–H and O–H groups in total. The zero-order valence-corrected chi connectivity index (χ0v) is 23.1.